The third kappa shape index (κ3) is 3.53. The van der Waals surface area contributed by atoms with E-state index >= 15 is 0 Å². The monoisotopic (exact) mass is 359 g/mol. The summed E-state index contributed by atoms with van der Waals surface area (Å²) in [7, 11) is 4.14. The fourth-order valence-corrected chi connectivity index (χ4v) is 3.76. The van der Waals surface area contributed by atoms with Crippen molar-refractivity contribution < 1.29 is 4.79 Å². The second-order valence-electron chi connectivity index (χ2n) is 7.22. The maximum absolute atomic E-state index is 12.9. The summed E-state index contributed by atoms with van der Waals surface area (Å²) in [4.78, 5) is 17.6. The molecule has 27 heavy (non-hydrogen) atoms. The van der Waals surface area contributed by atoms with E-state index in [1.807, 2.05) is 54.2 Å². The lowest BCUT2D eigenvalue weighted by atomic mass is 10.1. The maximum atomic E-state index is 12.9. The number of nitrogens with zero attached hydrogens (tertiary/aromatic N) is 3. The number of likely N-dealkylation sites (N-methyl/N-ethyl adjacent to an activating group) is 1. The number of aromatic nitrogens is 1. The molecular formula is C23H25N3O. The number of hydrogen-bond donors (Lipinski definition) is 0. The van der Waals surface area contributed by atoms with Gasteiger partial charge in [0.2, 0.25) is 0 Å². The Morgan fingerprint density at radius 3 is 2.44 bits per heavy atom. The zero-order chi connectivity index (χ0) is 18.8. The molecule has 4 nitrogen and oxygen atoms in total. The number of piperazine rings is 1. The van der Waals surface area contributed by atoms with E-state index in [1.54, 1.807) is 6.08 Å². The van der Waals surface area contributed by atoms with E-state index < -0.39 is 0 Å². The van der Waals surface area contributed by atoms with Gasteiger partial charge in [-0.2, -0.15) is 0 Å². The predicted octanol–water partition coefficient (Wildman–Crippen LogP) is 3.83. The lowest BCUT2D eigenvalue weighted by Gasteiger charge is -2.34. The van der Waals surface area contributed by atoms with E-state index in [0.29, 0.717) is 0 Å². The normalized spacial score (nSPS) is 15.7. The molecule has 1 fully saturated rings. The Kier molecular flexibility index (Phi) is 4.82. The van der Waals surface area contributed by atoms with Crippen LogP contribution in [0.2, 0.25) is 0 Å². The molecule has 0 bridgehead atoms. The molecule has 1 aliphatic rings. The van der Waals surface area contributed by atoms with Gasteiger partial charge >= 0.3 is 0 Å². The summed E-state index contributed by atoms with van der Waals surface area (Å²) in [5.74, 6) is 0.0416. The van der Waals surface area contributed by atoms with Gasteiger partial charge in [0, 0.05) is 61.6 Å². The summed E-state index contributed by atoms with van der Waals surface area (Å²) >= 11 is 0. The molecule has 3 aromatic rings. The smallest absolute Gasteiger partial charge is 0.188 e. The number of carbonyl (C=O) groups excluding carboxylic acids is 1. The summed E-state index contributed by atoms with van der Waals surface area (Å²) in [6.07, 6.45) is 5.58. The van der Waals surface area contributed by atoms with Crippen molar-refractivity contribution in [3.8, 4) is 0 Å². The van der Waals surface area contributed by atoms with Crippen LogP contribution in [0.4, 0.5) is 5.69 Å². The Morgan fingerprint density at radius 2 is 1.63 bits per heavy atom. The van der Waals surface area contributed by atoms with Gasteiger partial charge in [-0.05, 0) is 36.9 Å². The third-order valence-corrected chi connectivity index (χ3v) is 5.36. The lowest BCUT2D eigenvalue weighted by Crippen LogP contribution is -2.44. The first kappa shape index (κ1) is 17.6. The topological polar surface area (TPSA) is 28.5 Å². The molecule has 138 valence electrons. The van der Waals surface area contributed by atoms with Crippen molar-refractivity contribution in [2.75, 3.05) is 38.1 Å². The Labute approximate surface area is 160 Å². The Bertz CT molecular complexity index is 994. The molecule has 2 aromatic carbocycles. The van der Waals surface area contributed by atoms with Crippen LogP contribution in [0.25, 0.3) is 17.0 Å². The number of ketones is 1. The van der Waals surface area contributed by atoms with Gasteiger partial charge in [0.25, 0.3) is 0 Å². The number of para-hydroxylation sites is 2. The quantitative estimate of drug-likeness (QED) is 0.524. The SMILES string of the molecule is CN1CCN(c2ccccc2/C=C/C(=O)c2cn(C)c3ccccc23)CC1. The van der Waals surface area contributed by atoms with Crippen molar-refractivity contribution in [1.29, 1.82) is 0 Å². The fraction of sp³-hybridized carbons (Fsp3) is 0.261. The van der Waals surface area contributed by atoms with E-state index in [9.17, 15) is 4.79 Å². The van der Waals surface area contributed by atoms with Crippen molar-refractivity contribution in [2.24, 2.45) is 7.05 Å². The van der Waals surface area contributed by atoms with E-state index in [4.69, 9.17) is 0 Å². The number of carbonyl (C=O) groups is 1. The van der Waals surface area contributed by atoms with Crippen LogP contribution in [0.3, 0.4) is 0 Å². The van der Waals surface area contributed by atoms with Gasteiger partial charge in [0.1, 0.15) is 0 Å². The van der Waals surface area contributed by atoms with Crippen molar-refractivity contribution in [3.63, 3.8) is 0 Å². The molecule has 0 atom stereocenters. The zero-order valence-corrected chi connectivity index (χ0v) is 15.9. The average Bonchev–Trinajstić information content (AvgIpc) is 3.04. The third-order valence-electron chi connectivity index (χ3n) is 5.36. The van der Waals surface area contributed by atoms with Crippen LogP contribution in [-0.4, -0.2) is 48.5 Å². The minimum absolute atomic E-state index is 0.0416. The summed E-state index contributed by atoms with van der Waals surface area (Å²) in [5.41, 5.74) is 4.12. The number of benzene rings is 2. The Balaban J connectivity index is 1.60. The summed E-state index contributed by atoms with van der Waals surface area (Å²) in [6.45, 7) is 4.15. The molecule has 0 unspecified atom stereocenters. The van der Waals surface area contributed by atoms with Gasteiger partial charge in [0.05, 0.1) is 0 Å². The maximum Gasteiger partial charge on any atom is 0.188 e. The molecule has 1 aromatic heterocycles. The van der Waals surface area contributed by atoms with Crippen molar-refractivity contribution in [1.82, 2.24) is 9.47 Å². The first-order valence-electron chi connectivity index (χ1n) is 9.42. The highest BCUT2D eigenvalue weighted by molar-refractivity contribution is 6.15. The van der Waals surface area contributed by atoms with Gasteiger partial charge in [0.15, 0.2) is 5.78 Å². The van der Waals surface area contributed by atoms with Crippen LogP contribution in [0.1, 0.15) is 15.9 Å². The second kappa shape index (κ2) is 7.41. The molecular weight excluding hydrogens is 334 g/mol. The highest BCUT2D eigenvalue weighted by Gasteiger charge is 2.16. The molecule has 0 radical (unpaired) electrons. The molecule has 1 aliphatic heterocycles. The molecule has 0 amide bonds. The molecule has 0 aliphatic carbocycles. The van der Waals surface area contributed by atoms with Crippen LogP contribution in [0.5, 0.6) is 0 Å². The molecule has 1 saturated heterocycles. The van der Waals surface area contributed by atoms with Crippen molar-refractivity contribution >= 4 is 28.4 Å². The van der Waals surface area contributed by atoms with Gasteiger partial charge in [-0.1, -0.05) is 36.4 Å². The van der Waals surface area contributed by atoms with E-state index in [0.717, 1.165) is 48.2 Å². The zero-order valence-electron chi connectivity index (χ0n) is 15.9. The van der Waals surface area contributed by atoms with Crippen LogP contribution in [0, 0.1) is 0 Å². The fourth-order valence-electron chi connectivity index (χ4n) is 3.76. The lowest BCUT2D eigenvalue weighted by molar-refractivity contribution is 0.104. The van der Waals surface area contributed by atoms with E-state index in [2.05, 4.69) is 35.0 Å². The van der Waals surface area contributed by atoms with E-state index in [1.165, 1.54) is 5.69 Å². The standard InChI is InChI=1S/C23H25N3O/c1-24-13-15-26(16-14-24)21-9-5-3-7-18(21)11-12-23(27)20-17-25(2)22-10-6-4-8-19(20)22/h3-12,17H,13-16H2,1-2H3/b12-11+. The largest absolute Gasteiger partial charge is 0.368 e. The Hall–Kier alpha value is -2.85. The van der Waals surface area contributed by atoms with Gasteiger partial charge in [-0.15, -0.1) is 0 Å². The van der Waals surface area contributed by atoms with Crippen LogP contribution in [0.15, 0.2) is 60.8 Å². The molecule has 0 N–H and O–H groups in total. The van der Waals surface area contributed by atoms with Gasteiger partial charge in [-0.25, -0.2) is 0 Å². The van der Waals surface area contributed by atoms with Crippen molar-refractivity contribution in [3.05, 3.63) is 71.9 Å². The molecule has 4 heteroatoms. The number of hydrogen-bond acceptors (Lipinski definition) is 3. The molecule has 4 rings (SSSR count). The van der Waals surface area contributed by atoms with Crippen LogP contribution < -0.4 is 4.90 Å². The average molecular weight is 359 g/mol. The van der Waals surface area contributed by atoms with Crippen LogP contribution in [-0.2, 0) is 7.05 Å². The number of fused-ring (bicyclic) bond motifs is 1. The minimum Gasteiger partial charge on any atom is -0.368 e. The summed E-state index contributed by atoms with van der Waals surface area (Å²) < 4.78 is 2.01. The number of anilines is 1. The number of allylic oxidation sites excluding steroid dienone is 1. The predicted molar refractivity (Wildman–Crippen MR) is 112 cm³/mol. The molecule has 2 heterocycles. The van der Waals surface area contributed by atoms with Crippen molar-refractivity contribution in [2.45, 2.75) is 0 Å². The van der Waals surface area contributed by atoms with E-state index in [-0.39, 0.29) is 5.78 Å². The number of rotatable bonds is 4. The summed E-state index contributed by atoms with van der Waals surface area (Å²) in [6, 6.07) is 16.4. The molecule has 0 spiro atoms. The first-order valence-corrected chi connectivity index (χ1v) is 9.42. The second-order valence-corrected chi connectivity index (χ2v) is 7.22. The minimum atomic E-state index is 0.0416. The first-order chi connectivity index (χ1) is 13.1. The van der Waals surface area contributed by atoms with Gasteiger partial charge in [-0.3, -0.25) is 4.79 Å². The van der Waals surface area contributed by atoms with Crippen LogP contribution >= 0.6 is 0 Å². The van der Waals surface area contributed by atoms with Gasteiger partial charge < -0.3 is 14.4 Å². The summed E-state index contributed by atoms with van der Waals surface area (Å²) in [5, 5.41) is 1.00. The highest BCUT2D eigenvalue weighted by Crippen LogP contribution is 2.25. The molecule has 0 saturated carbocycles. The number of aryl methyl sites for hydroxylation is 1. The highest BCUT2D eigenvalue weighted by atomic mass is 16.1. The Morgan fingerprint density at radius 1 is 0.926 bits per heavy atom.